The summed E-state index contributed by atoms with van der Waals surface area (Å²) in [4.78, 5) is 12.3. The molecule has 2 aromatic rings. The molecule has 2 N–H and O–H groups in total. The molecule has 2 amide bonds. The SMILES string of the molecule is COc1cc(CNC(=O)Nc2cccc(COCC3CCCCO3)c2)cc(OC)c1. The molecule has 162 valence electrons. The van der Waals surface area contributed by atoms with Gasteiger partial charge in [0.05, 0.1) is 33.5 Å². The molecule has 30 heavy (non-hydrogen) atoms. The molecule has 0 saturated carbocycles. The lowest BCUT2D eigenvalue weighted by Crippen LogP contribution is -2.28. The molecular formula is C23H30N2O5. The largest absolute Gasteiger partial charge is 0.497 e. The van der Waals surface area contributed by atoms with Crippen LogP contribution in [0.4, 0.5) is 10.5 Å². The molecule has 1 heterocycles. The number of amides is 2. The van der Waals surface area contributed by atoms with Gasteiger partial charge in [0.25, 0.3) is 0 Å². The molecule has 1 fully saturated rings. The Morgan fingerprint density at radius 3 is 2.57 bits per heavy atom. The number of hydrogen-bond acceptors (Lipinski definition) is 5. The van der Waals surface area contributed by atoms with Crippen molar-refractivity contribution in [2.75, 3.05) is 32.8 Å². The van der Waals surface area contributed by atoms with Gasteiger partial charge in [-0.3, -0.25) is 0 Å². The zero-order valence-electron chi connectivity index (χ0n) is 17.6. The Kier molecular flexibility index (Phi) is 8.35. The van der Waals surface area contributed by atoms with Gasteiger partial charge in [0.15, 0.2) is 0 Å². The van der Waals surface area contributed by atoms with Gasteiger partial charge in [-0.15, -0.1) is 0 Å². The molecule has 0 bridgehead atoms. The highest BCUT2D eigenvalue weighted by Gasteiger charge is 2.13. The molecule has 0 spiro atoms. The van der Waals surface area contributed by atoms with Crippen LogP contribution >= 0.6 is 0 Å². The summed E-state index contributed by atoms with van der Waals surface area (Å²) in [7, 11) is 3.19. The molecule has 2 aromatic carbocycles. The Morgan fingerprint density at radius 1 is 1.07 bits per heavy atom. The molecule has 1 unspecified atom stereocenters. The van der Waals surface area contributed by atoms with E-state index in [0.717, 1.165) is 30.6 Å². The van der Waals surface area contributed by atoms with Crippen molar-refractivity contribution >= 4 is 11.7 Å². The van der Waals surface area contributed by atoms with Crippen molar-refractivity contribution in [3.63, 3.8) is 0 Å². The Balaban J connectivity index is 1.46. The highest BCUT2D eigenvalue weighted by atomic mass is 16.5. The lowest BCUT2D eigenvalue weighted by atomic mass is 10.1. The Hall–Kier alpha value is -2.77. The first-order chi connectivity index (χ1) is 14.7. The van der Waals surface area contributed by atoms with Crippen molar-refractivity contribution in [1.82, 2.24) is 5.32 Å². The molecule has 1 atom stereocenters. The lowest BCUT2D eigenvalue weighted by Gasteiger charge is -2.22. The van der Waals surface area contributed by atoms with Crippen LogP contribution in [0.2, 0.25) is 0 Å². The number of methoxy groups -OCH3 is 2. The fourth-order valence-corrected chi connectivity index (χ4v) is 3.31. The van der Waals surface area contributed by atoms with Crippen LogP contribution in [-0.2, 0) is 22.6 Å². The van der Waals surface area contributed by atoms with Gasteiger partial charge in [-0.1, -0.05) is 12.1 Å². The summed E-state index contributed by atoms with van der Waals surface area (Å²) in [5.74, 6) is 1.36. The second kappa shape index (κ2) is 11.4. The van der Waals surface area contributed by atoms with Crippen LogP contribution in [0.1, 0.15) is 30.4 Å². The van der Waals surface area contributed by atoms with Crippen LogP contribution in [0, 0.1) is 0 Å². The number of carbonyl (C=O) groups excluding carboxylic acids is 1. The number of carbonyl (C=O) groups is 1. The predicted octanol–water partition coefficient (Wildman–Crippen LogP) is 4.11. The van der Waals surface area contributed by atoms with E-state index in [1.54, 1.807) is 20.3 Å². The molecule has 1 aliphatic rings. The molecule has 0 radical (unpaired) electrons. The van der Waals surface area contributed by atoms with Gasteiger partial charge >= 0.3 is 6.03 Å². The molecule has 7 heteroatoms. The van der Waals surface area contributed by atoms with Crippen molar-refractivity contribution in [3.8, 4) is 11.5 Å². The monoisotopic (exact) mass is 414 g/mol. The van der Waals surface area contributed by atoms with E-state index in [0.29, 0.717) is 36.9 Å². The van der Waals surface area contributed by atoms with E-state index in [4.69, 9.17) is 18.9 Å². The quantitative estimate of drug-likeness (QED) is 0.646. The van der Waals surface area contributed by atoms with E-state index >= 15 is 0 Å². The minimum Gasteiger partial charge on any atom is -0.497 e. The fraction of sp³-hybridized carbons (Fsp3) is 0.435. The number of ether oxygens (including phenoxy) is 4. The maximum atomic E-state index is 12.3. The number of benzene rings is 2. The van der Waals surface area contributed by atoms with Crippen molar-refractivity contribution in [3.05, 3.63) is 53.6 Å². The van der Waals surface area contributed by atoms with Gasteiger partial charge in [-0.2, -0.15) is 0 Å². The van der Waals surface area contributed by atoms with Crippen LogP contribution in [-0.4, -0.2) is 39.6 Å². The summed E-state index contributed by atoms with van der Waals surface area (Å²) in [6.45, 7) is 2.26. The summed E-state index contributed by atoms with van der Waals surface area (Å²) in [5, 5.41) is 5.70. The summed E-state index contributed by atoms with van der Waals surface area (Å²) >= 11 is 0. The molecule has 0 aliphatic carbocycles. The maximum absolute atomic E-state index is 12.3. The standard InChI is InChI=1S/C23H30N2O5/c1-27-21-11-18(12-22(13-21)28-2)14-24-23(26)25-19-7-5-6-17(10-19)15-29-16-20-8-3-4-9-30-20/h5-7,10-13,20H,3-4,8-9,14-16H2,1-2H3,(H2,24,25,26). The zero-order chi connectivity index (χ0) is 21.2. The van der Waals surface area contributed by atoms with Crippen molar-refractivity contribution in [1.29, 1.82) is 0 Å². The summed E-state index contributed by atoms with van der Waals surface area (Å²) in [6, 6.07) is 12.9. The first-order valence-electron chi connectivity index (χ1n) is 10.2. The highest BCUT2D eigenvalue weighted by molar-refractivity contribution is 5.89. The topological polar surface area (TPSA) is 78.1 Å². The fourth-order valence-electron chi connectivity index (χ4n) is 3.31. The Bertz CT molecular complexity index is 799. The third-order valence-electron chi connectivity index (χ3n) is 4.90. The average Bonchev–Trinajstić information content (AvgIpc) is 2.78. The van der Waals surface area contributed by atoms with Crippen molar-refractivity contribution < 1.29 is 23.7 Å². The number of hydrogen-bond donors (Lipinski definition) is 2. The second-order valence-corrected chi connectivity index (χ2v) is 7.23. The third kappa shape index (κ3) is 6.93. The van der Waals surface area contributed by atoms with E-state index in [1.165, 1.54) is 6.42 Å². The maximum Gasteiger partial charge on any atom is 0.319 e. The van der Waals surface area contributed by atoms with E-state index in [2.05, 4.69) is 10.6 Å². The smallest absolute Gasteiger partial charge is 0.319 e. The van der Waals surface area contributed by atoms with Gasteiger partial charge in [-0.25, -0.2) is 4.79 Å². The predicted molar refractivity (Wildman–Crippen MR) is 115 cm³/mol. The minimum atomic E-state index is -0.287. The van der Waals surface area contributed by atoms with Crippen LogP contribution in [0.25, 0.3) is 0 Å². The molecule has 0 aromatic heterocycles. The van der Waals surface area contributed by atoms with Crippen LogP contribution in [0.15, 0.2) is 42.5 Å². The molecule has 1 saturated heterocycles. The molecule has 7 nitrogen and oxygen atoms in total. The molecular weight excluding hydrogens is 384 g/mol. The highest BCUT2D eigenvalue weighted by Crippen LogP contribution is 2.22. The van der Waals surface area contributed by atoms with Crippen LogP contribution < -0.4 is 20.1 Å². The number of nitrogens with one attached hydrogen (secondary N) is 2. The lowest BCUT2D eigenvalue weighted by molar-refractivity contribution is -0.0447. The zero-order valence-corrected chi connectivity index (χ0v) is 17.6. The van der Waals surface area contributed by atoms with Crippen LogP contribution in [0.3, 0.4) is 0 Å². The van der Waals surface area contributed by atoms with E-state index in [-0.39, 0.29) is 12.1 Å². The van der Waals surface area contributed by atoms with Gasteiger partial charge in [0.1, 0.15) is 11.5 Å². The van der Waals surface area contributed by atoms with Gasteiger partial charge in [0, 0.05) is 24.9 Å². The summed E-state index contributed by atoms with van der Waals surface area (Å²) in [6.07, 6.45) is 3.59. The number of anilines is 1. The van der Waals surface area contributed by atoms with Gasteiger partial charge in [0.2, 0.25) is 0 Å². The minimum absolute atomic E-state index is 0.195. The summed E-state index contributed by atoms with van der Waals surface area (Å²) in [5.41, 5.74) is 2.60. The first kappa shape index (κ1) is 21.9. The Morgan fingerprint density at radius 2 is 1.87 bits per heavy atom. The van der Waals surface area contributed by atoms with Gasteiger partial charge < -0.3 is 29.6 Å². The summed E-state index contributed by atoms with van der Waals surface area (Å²) < 4.78 is 22.0. The average molecular weight is 415 g/mol. The van der Waals surface area contributed by atoms with Gasteiger partial charge in [-0.05, 0) is 54.7 Å². The van der Waals surface area contributed by atoms with Crippen molar-refractivity contribution in [2.24, 2.45) is 0 Å². The van der Waals surface area contributed by atoms with E-state index < -0.39 is 0 Å². The van der Waals surface area contributed by atoms with E-state index in [9.17, 15) is 4.79 Å². The Labute approximate surface area is 177 Å². The van der Waals surface area contributed by atoms with E-state index in [1.807, 2.05) is 36.4 Å². The van der Waals surface area contributed by atoms with Crippen molar-refractivity contribution in [2.45, 2.75) is 38.5 Å². The van der Waals surface area contributed by atoms with Crippen LogP contribution in [0.5, 0.6) is 11.5 Å². The third-order valence-corrected chi connectivity index (χ3v) is 4.90. The number of urea groups is 1. The second-order valence-electron chi connectivity index (χ2n) is 7.23. The molecule has 1 aliphatic heterocycles. The first-order valence-corrected chi connectivity index (χ1v) is 10.2. The number of rotatable bonds is 9. The normalized spacial score (nSPS) is 16.0. The molecule has 3 rings (SSSR count).